The number of pyridine rings is 1. The Balaban J connectivity index is 1.78. The standard InChI is InChI=1S/C17H15FN2O2/c1-20(10-12-4-6-19-7-5-12)17(21)14-8-13-9-15(18)2-3-16(13)22-11-14/h2-9H,10-11H2,1H3. The number of aromatic nitrogens is 1. The van der Waals surface area contributed by atoms with Crippen molar-refractivity contribution in [2.24, 2.45) is 0 Å². The van der Waals surface area contributed by atoms with Gasteiger partial charge in [-0.1, -0.05) is 0 Å². The molecule has 1 aliphatic heterocycles. The number of halogens is 1. The molecule has 0 N–H and O–H groups in total. The van der Waals surface area contributed by atoms with Crippen LogP contribution in [0.3, 0.4) is 0 Å². The third-order valence-electron chi connectivity index (χ3n) is 3.48. The van der Waals surface area contributed by atoms with Gasteiger partial charge in [-0.2, -0.15) is 0 Å². The minimum Gasteiger partial charge on any atom is -0.488 e. The highest BCUT2D eigenvalue weighted by Crippen LogP contribution is 2.27. The quantitative estimate of drug-likeness (QED) is 0.875. The summed E-state index contributed by atoms with van der Waals surface area (Å²) in [6.07, 6.45) is 5.07. The summed E-state index contributed by atoms with van der Waals surface area (Å²) in [7, 11) is 1.73. The van der Waals surface area contributed by atoms with E-state index in [-0.39, 0.29) is 18.3 Å². The van der Waals surface area contributed by atoms with Crippen molar-refractivity contribution in [1.29, 1.82) is 0 Å². The molecule has 0 aliphatic carbocycles. The van der Waals surface area contributed by atoms with Crippen LogP contribution in [0.1, 0.15) is 11.1 Å². The third kappa shape index (κ3) is 2.98. The first kappa shape index (κ1) is 14.3. The number of hydrogen-bond acceptors (Lipinski definition) is 3. The number of benzene rings is 1. The molecule has 3 rings (SSSR count). The maximum Gasteiger partial charge on any atom is 0.253 e. The Kier molecular flexibility index (Phi) is 3.87. The zero-order valence-corrected chi connectivity index (χ0v) is 12.1. The van der Waals surface area contributed by atoms with Gasteiger partial charge in [0.25, 0.3) is 5.91 Å². The van der Waals surface area contributed by atoms with E-state index in [1.807, 2.05) is 12.1 Å². The lowest BCUT2D eigenvalue weighted by atomic mass is 10.1. The topological polar surface area (TPSA) is 42.4 Å². The maximum absolute atomic E-state index is 13.3. The van der Waals surface area contributed by atoms with Gasteiger partial charge in [-0.3, -0.25) is 9.78 Å². The van der Waals surface area contributed by atoms with E-state index in [1.54, 1.807) is 36.5 Å². The lowest BCUT2D eigenvalue weighted by molar-refractivity contribution is -0.126. The van der Waals surface area contributed by atoms with Crippen molar-refractivity contribution < 1.29 is 13.9 Å². The molecule has 0 unspecified atom stereocenters. The van der Waals surface area contributed by atoms with Crippen LogP contribution in [0.15, 0.2) is 48.3 Å². The van der Waals surface area contributed by atoms with Gasteiger partial charge >= 0.3 is 0 Å². The van der Waals surface area contributed by atoms with Crippen molar-refractivity contribution in [3.8, 4) is 5.75 Å². The molecule has 22 heavy (non-hydrogen) atoms. The molecule has 112 valence electrons. The van der Waals surface area contributed by atoms with Crippen molar-refractivity contribution in [1.82, 2.24) is 9.88 Å². The summed E-state index contributed by atoms with van der Waals surface area (Å²) >= 11 is 0. The second-order valence-electron chi connectivity index (χ2n) is 5.16. The molecule has 1 aromatic heterocycles. The Morgan fingerprint density at radius 3 is 2.86 bits per heavy atom. The van der Waals surface area contributed by atoms with E-state index in [2.05, 4.69) is 4.98 Å². The summed E-state index contributed by atoms with van der Waals surface area (Å²) in [5, 5.41) is 0. The number of carbonyl (C=O) groups is 1. The van der Waals surface area contributed by atoms with Crippen LogP contribution in [0.2, 0.25) is 0 Å². The highest BCUT2D eigenvalue weighted by Gasteiger charge is 2.20. The average Bonchev–Trinajstić information content (AvgIpc) is 2.54. The van der Waals surface area contributed by atoms with Gasteiger partial charge in [0, 0.05) is 31.5 Å². The zero-order valence-electron chi connectivity index (χ0n) is 12.1. The summed E-state index contributed by atoms with van der Waals surface area (Å²) in [5.41, 5.74) is 2.09. The number of hydrogen-bond donors (Lipinski definition) is 0. The number of likely N-dealkylation sites (N-methyl/N-ethyl adjacent to an activating group) is 1. The SMILES string of the molecule is CN(Cc1ccncc1)C(=O)C1=Cc2cc(F)ccc2OC1. The lowest BCUT2D eigenvalue weighted by Gasteiger charge is -2.22. The number of nitrogens with zero attached hydrogens (tertiary/aromatic N) is 2. The lowest BCUT2D eigenvalue weighted by Crippen LogP contribution is -2.30. The van der Waals surface area contributed by atoms with Gasteiger partial charge in [0.2, 0.25) is 0 Å². The van der Waals surface area contributed by atoms with Crippen molar-refractivity contribution in [3.05, 3.63) is 65.2 Å². The second-order valence-corrected chi connectivity index (χ2v) is 5.16. The fourth-order valence-electron chi connectivity index (χ4n) is 2.35. The summed E-state index contributed by atoms with van der Waals surface area (Å²) < 4.78 is 18.8. The molecule has 0 bridgehead atoms. The predicted octanol–water partition coefficient (Wildman–Crippen LogP) is 2.66. The highest BCUT2D eigenvalue weighted by molar-refractivity contribution is 5.99. The molecule has 0 atom stereocenters. The Morgan fingerprint density at radius 2 is 2.09 bits per heavy atom. The fourth-order valence-corrected chi connectivity index (χ4v) is 2.35. The van der Waals surface area contributed by atoms with Gasteiger partial charge in [0.1, 0.15) is 18.2 Å². The van der Waals surface area contributed by atoms with Crippen LogP contribution >= 0.6 is 0 Å². The average molecular weight is 298 g/mol. The van der Waals surface area contributed by atoms with Crippen molar-refractivity contribution >= 4 is 12.0 Å². The number of amides is 1. The normalized spacial score (nSPS) is 12.9. The largest absolute Gasteiger partial charge is 0.488 e. The molecule has 1 amide bonds. The van der Waals surface area contributed by atoms with Gasteiger partial charge in [0.15, 0.2) is 0 Å². The van der Waals surface area contributed by atoms with Crippen LogP contribution in [0.5, 0.6) is 5.75 Å². The van der Waals surface area contributed by atoms with Crippen molar-refractivity contribution in [2.45, 2.75) is 6.54 Å². The molecule has 5 heteroatoms. The van der Waals surface area contributed by atoms with E-state index in [1.165, 1.54) is 12.1 Å². The highest BCUT2D eigenvalue weighted by atomic mass is 19.1. The van der Waals surface area contributed by atoms with Crippen LogP contribution in [0, 0.1) is 5.82 Å². The van der Waals surface area contributed by atoms with Crippen LogP contribution in [0.25, 0.3) is 6.08 Å². The molecular weight excluding hydrogens is 283 g/mol. The van der Waals surface area contributed by atoms with Crippen molar-refractivity contribution in [2.75, 3.05) is 13.7 Å². The molecule has 0 spiro atoms. The van der Waals surface area contributed by atoms with Gasteiger partial charge in [-0.15, -0.1) is 0 Å². The number of ether oxygens (including phenoxy) is 1. The number of rotatable bonds is 3. The van der Waals surface area contributed by atoms with E-state index < -0.39 is 0 Å². The number of fused-ring (bicyclic) bond motifs is 1. The van der Waals surface area contributed by atoms with Gasteiger partial charge in [0.05, 0.1) is 5.57 Å². The summed E-state index contributed by atoms with van der Waals surface area (Å²) in [5.74, 6) is 0.110. The van der Waals surface area contributed by atoms with Crippen LogP contribution in [-0.4, -0.2) is 29.4 Å². The van der Waals surface area contributed by atoms with E-state index in [0.29, 0.717) is 23.4 Å². The number of carbonyl (C=O) groups excluding carboxylic acids is 1. The molecule has 1 aliphatic rings. The molecule has 0 fully saturated rings. The minimum atomic E-state index is -0.350. The first-order valence-electron chi connectivity index (χ1n) is 6.91. The summed E-state index contributed by atoms with van der Waals surface area (Å²) in [6, 6.07) is 8.00. The van der Waals surface area contributed by atoms with E-state index >= 15 is 0 Å². The second kappa shape index (κ2) is 5.97. The molecule has 1 aromatic carbocycles. The van der Waals surface area contributed by atoms with Crippen molar-refractivity contribution in [3.63, 3.8) is 0 Å². The van der Waals surface area contributed by atoms with Gasteiger partial charge < -0.3 is 9.64 Å². The smallest absolute Gasteiger partial charge is 0.253 e. The Morgan fingerprint density at radius 1 is 1.32 bits per heavy atom. The molecular formula is C17H15FN2O2. The molecule has 4 nitrogen and oxygen atoms in total. The Hall–Kier alpha value is -2.69. The Labute approximate surface area is 127 Å². The monoisotopic (exact) mass is 298 g/mol. The molecule has 0 saturated carbocycles. The predicted molar refractivity (Wildman–Crippen MR) is 80.6 cm³/mol. The molecule has 0 saturated heterocycles. The van der Waals surface area contributed by atoms with E-state index in [0.717, 1.165) is 5.56 Å². The third-order valence-corrected chi connectivity index (χ3v) is 3.48. The summed E-state index contributed by atoms with van der Waals surface area (Å²) in [4.78, 5) is 18.0. The minimum absolute atomic E-state index is 0.133. The first-order valence-corrected chi connectivity index (χ1v) is 6.91. The molecule has 2 aromatic rings. The summed E-state index contributed by atoms with van der Waals surface area (Å²) in [6.45, 7) is 0.673. The first-order chi connectivity index (χ1) is 10.6. The van der Waals surface area contributed by atoms with Gasteiger partial charge in [-0.05, 0) is 42.0 Å². The van der Waals surface area contributed by atoms with Crippen LogP contribution in [-0.2, 0) is 11.3 Å². The fraction of sp³-hybridized carbons (Fsp3) is 0.176. The molecule has 2 heterocycles. The molecule has 0 radical (unpaired) electrons. The Bertz CT molecular complexity index is 729. The van der Waals surface area contributed by atoms with E-state index in [4.69, 9.17) is 4.74 Å². The van der Waals surface area contributed by atoms with Gasteiger partial charge in [-0.25, -0.2) is 4.39 Å². The maximum atomic E-state index is 13.3. The van der Waals surface area contributed by atoms with E-state index in [9.17, 15) is 9.18 Å². The van der Waals surface area contributed by atoms with Crippen LogP contribution in [0.4, 0.5) is 4.39 Å². The van der Waals surface area contributed by atoms with Crippen LogP contribution < -0.4 is 4.74 Å². The zero-order chi connectivity index (χ0) is 15.5.